The number of thiazole rings is 1. The van der Waals surface area contributed by atoms with Crippen molar-refractivity contribution < 1.29 is 13.2 Å². The molecule has 2 aromatic rings. The van der Waals surface area contributed by atoms with Crippen molar-refractivity contribution in [3.8, 4) is 0 Å². The second-order valence-electron chi connectivity index (χ2n) is 6.88. The number of nitrogens with one attached hydrogen (secondary N) is 1. The van der Waals surface area contributed by atoms with Crippen LogP contribution in [0.1, 0.15) is 32.1 Å². The fourth-order valence-corrected chi connectivity index (χ4v) is 5.71. The van der Waals surface area contributed by atoms with Crippen molar-refractivity contribution in [1.29, 1.82) is 0 Å². The molecule has 1 heterocycles. The Hall–Kier alpha value is -1.51. The molecule has 8 heteroatoms. The topological polar surface area (TPSA) is 102 Å². The van der Waals surface area contributed by atoms with Crippen molar-refractivity contribution in [2.24, 2.45) is 22.9 Å². The summed E-state index contributed by atoms with van der Waals surface area (Å²) in [6.07, 6.45) is 5.61. The van der Waals surface area contributed by atoms with Gasteiger partial charge in [-0.25, -0.2) is 18.5 Å². The summed E-state index contributed by atoms with van der Waals surface area (Å²) < 4.78 is 23.5. The van der Waals surface area contributed by atoms with Crippen LogP contribution in [0.15, 0.2) is 23.1 Å². The lowest BCUT2D eigenvalue weighted by Gasteiger charge is -2.20. The molecule has 3 atom stereocenters. The summed E-state index contributed by atoms with van der Waals surface area (Å²) in [5.74, 6) is 2.05. The molecule has 128 valence electrons. The van der Waals surface area contributed by atoms with Crippen molar-refractivity contribution in [1.82, 2.24) is 4.98 Å². The van der Waals surface area contributed by atoms with Crippen molar-refractivity contribution >= 4 is 42.6 Å². The van der Waals surface area contributed by atoms with E-state index in [1.54, 1.807) is 6.07 Å². The molecular formula is C16H19N3O3S2. The highest BCUT2D eigenvalue weighted by atomic mass is 32.2. The largest absolute Gasteiger partial charge is 0.302 e. The third-order valence-electron chi connectivity index (χ3n) is 5.27. The maximum Gasteiger partial charge on any atom is 0.238 e. The summed E-state index contributed by atoms with van der Waals surface area (Å²) in [4.78, 5) is 16.7. The molecule has 2 aliphatic rings. The second-order valence-corrected chi connectivity index (χ2v) is 9.47. The van der Waals surface area contributed by atoms with Crippen LogP contribution in [0.3, 0.4) is 0 Å². The number of carbonyl (C=O) groups excluding carboxylic acids is 1. The number of aromatic nitrogens is 1. The lowest BCUT2D eigenvalue weighted by molar-refractivity contribution is -0.117. The van der Waals surface area contributed by atoms with Gasteiger partial charge in [0.15, 0.2) is 5.13 Å². The Morgan fingerprint density at radius 1 is 1.33 bits per heavy atom. The molecule has 24 heavy (non-hydrogen) atoms. The Balaban J connectivity index is 1.47. The quantitative estimate of drug-likeness (QED) is 0.869. The molecule has 4 rings (SSSR count). The second kappa shape index (κ2) is 5.79. The van der Waals surface area contributed by atoms with Gasteiger partial charge in [0.25, 0.3) is 0 Å². The summed E-state index contributed by atoms with van der Waals surface area (Å²) in [5, 5.41) is 8.51. The van der Waals surface area contributed by atoms with Crippen molar-refractivity contribution in [3.63, 3.8) is 0 Å². The molecular weight excluding hydrogens is 346 g/mol. The number of benzene rings is 1. The van der Waals surface area contributed by atoms with Gasteiger partial charge in [0.2, 0.25) is 15.9 Å². The Bertz CT molecular complexity index is 906. The first-order chi connectivity index (χ1) is 11.4. The van der Waals surface area contributed by atoms with Gasteiger partial charge in [0.1, 0.15) is 0 Å². The number of sulfonamides is 1. The first kappa shape index (κ1) is 16.0. The van der Waals surface area contributed by atoms with Gasteiger partial charge < -0.3 is 5.32 Å². The van der Waals surface area contributed by atoms with E-state index in [4.69, 9.17) is 5.14 Å². The van der Waals surface area contributed by atoms with Gasteiger partial charge >= 0.3 is 0 Å². The van der Waals surface area contributed by atoms with Crippen LogP contribution < -0.4 is 10.5 Å². The number of amides is 1. The zero-order chi connectivity index (χ0) is 16.9. The molecule has 2 bridgehead atoms. The fraction of sp³-hybridized carbons (Fsp3) is 0.500. The van der Waals surface area contributed by atoms with Crippen molar-refractivity contribution in [3.05, 3.63) is 18.2 Å². The van der Waals surface area contributed by atoms with E-state index in [2.05, 4.69) is 10.3 Å². The molecule has 0 aliphatic heterocycles. The Morgan fingerprint density at radius 3 is 2.83 bits per heavy atom. The minimum atomic E-state index is -3.74. The minimum Gasteiger partial charge on any atom is -0.302 e. The first-order valence-electron chi connectivity index (χ1n) is 8.12. The molecule has 2 fully saturated rings. The maximum atomic E-state index is 12.3. The zero-order valence-electron chi connectivity index (χ0n) is 13.1. The molecule has 0 radical (unpaired) electrons. The predicted octanol–water partition coefficient (Wildman–Crippen LogP) is 2.71. The highest BCUT2D eigenvalue weighted by Gasteiger charge is 2.40. The highest BCUT2D eigenvalue weighted by Crippen LogP contribution is 2.49. The summed E-state index contributed by atoms with van der Waals surface area (Å²) in [5.41, 5.74) is 0.655. The van der Waals surface area contributed by atoms with Gasteiger partial charge in [-0.05, 0) is 55.2 Å². The van der Waals surface area contributed by atoms with E-state index in [-0.39, 0.29) is 10.8 Å². The summed E-state index contributed by atoms with van der Waals surface area (Å²) in [6.45, 7) is 0. The molecule has 2 saturated carbocycles. The molecule has 0 saturated heterocycles. The number of nitrogens with zero attached hydrogens (tertiary/aromatic N) is 1. The van der Waals surface area contributed by atoms with Crippen LogP contribution in [-0.2, 0) is 14.8 Å². The lowest BCUT2D eigenvalue weighted by Crippen LogP contribution is -2.20. The monoisotopic (exact) mass is 365 g/mol. The number of nitrogens with two attached hydrogens (primary N) is 1. The normalized spacial score (nSPS) is 26.1. The number of rotatable bonds is 4. The molecule has 1 amide bonds. The summed E-state index contributed by atoms with van der Waals surface area (Å²) in [7, 11) is -3.74. The van der Waals surface area contributed by atoms with Gasteiger partial charge in [-0.3, -0.25) is 4.79 Å². The summed E-state index contributed by atoms with van der Waals surface area (Å²) >= 11 is 1.27. The van der Waals surface area contributed by atoms with E-state index in [9.17, 15) is 13.2 Å². The van der Waals surface area contributed by atoms with Crippen LogP contribution in [0.4, 0.5) is 5.13 Å². The third-order valence-corrected chi connectivity index (χ3v) is 7.11. The van der Waals surface area contributed by atoms with Crippen LogP contribution in [0, 0.1) is 17.8 Å². The third kappa shape index (κ3) is 3.05. The van der Waals surface area contributed by atoms with E-state index in [1.807, 2.05) is 0 Å². The smallest absolute Gasteiger partial charge is 0.238 e. The average Bonchev–Trinajstić information content (AvgIpc) is 3.18. The lowest BCUT2D eigenvalue weighted by atomic mass is 9.86. The van der Waals surface area contributed by atoms with Crippen molar-refractivity contribution in [2.75, 3.05) is 5.32 Å². The molecule has 2 aliphatic carbocycles. The van der Waals surface area contributed by atoms with E-state index in [0.717, 1.165) is 5.92 Å². The molecule has 3 N–H and O–H groups in total. The maximum absolute atomic E-state index is 12.3. The molecule has 0 unspecified atom stereocenters. The number of primary sulfonamides is 1. The number of hydrogen-bond donors (Lipinski definition) is 2. The number of hydrogen-bond acceptors (Lipinski definition) is 5. The Labute approximate surface area is 144 Å². The fourth-order valence-electron chi connectivity index (χ4n) is 4.17. The highest BCUT2D eigenvalue weighted by molar-refractivity contribution is 7.89. The van der Waals surface area contributed by atoms with Crippen LogP contribution in [-0.4, -0.2) is 19.3 Å². The predicted molar refractivity (Wildman–Crippen MR) is 93.2 cm³/mol. The van der Waals surface area contributed by atoms with E-state index in [0.29, 0.717) is 33.6 Å². The standard InChI is InChI=1S/C16H19N3O3S2/c17-24(21,22)12-3-4-13-14(8-12)23-16(18-13)19-15(20)7-11-6-9-1-2-10(11)5-9/h3-4,8-11H,1-2,5-7H2,(H2,17,21,22)(H,18,19,20)/t9-,10+,11+/m0/s1. The molecule has 6 nitrogen and oxygen atoms in total. The van der Waals surface area contributed by atoms with Crippen molar-refractivity contribution in [2.45, 2.75) is 37.0 Å². The number of carbonyl (C=O) groups is 1. The minimum absolute atomic E-state index is 0.00160. The van der Waals surface area contributed by atoms with Gasteiger partial charge in [-0.15, -0.1) is 0 Å². The summed E-state index contributed by atoms with van der Waals surface area (Å²) in [6, 6.07) is 4.53. The van der Waals surface area contributed by atoms with Gasteiger partial charge in [0, 0.05) is 6.42 Å². The van der Waals surface area contributed by atoms with Gasteiger partial charge in [0.05, 0.1) is 15.1 Å². The Kier molecular flexibility index (Phi) is 3.85. The Morgan fingerprint density at radius 2 is 2.17 bits per heavy atom. The van der Waals surface area contributed by atoms with E-state index >= 15 is 0 Å². The van der Waals surface area contributed by atoms with E-state index < -0.39 is 10.0 Å². The van der Waals surface area contributed by atoms with E-state index in [1.165, 1.54) is 49.2 Å². The van der Waals surface area contributed by atoms with Crippen LogP contribution >= 0.6 is 11.3 Å². The molecule has 0 spiro atoms. The zero-order valence-corrected chi connectivity index (χ0v) is 14.7. The van der Waals surface area contributed by atoms with Crippen LogP contribution in [0.2, 0.25) is 0 Å². The molecule has 1 aromatic heterocycles. The van der Waals surface area contributed by atoms with Crippen LogP contribution in [0.25, 0.3) is 10.2 Å². The number of anilines is 1. The average molecular weight is 365 g/mol. The molecule has 1 aromatic carbocycles. The van der Waals surface area contributed by atoms with Gasteiger partial charge in [-0.1, -0.05) is 17.8 Å². The van der Waals surface area contributed by atoms with Gasteiger partial charge in [-0.2, -0.15) is 0 Å². The van der Waals surface area contributed by atoms with Crippen LogP contribution in [0.5, 0.6) is 0 Å². The number of fused-ring (bicyclic) bond motifs is 3. The SMILES string of the molecule is NS(=O)(=O)c1ccc2nc(NC(=O)C[C@H]3C[C@H]4CC[C@@H]3C4)sc2c1. The first-order valence-corrected chi connectivity index (χ1v) is 10.5.